The van der Waals surface area contributed by atoms with Crippen LogP contribution in [0, 0.1) is 0 Å². The Balaban J connectivity index is 4.00. The second kappa shape index (κ2) is 3.62. The first-order valence-electron chi connectivity index (χ1n) is 2.16. The van der Waals surface area contributed by atoms with Crippen molar-refractivity contribution in [1.82, 2.24) is 0 Å². The van der Waals surface area contributed by atoms with Gasteiger partial charge < -0.3 is 0 Å². The van der Waals surface area contributed by atoms with E-state index in [2.05, 4.69) is 31.9 Å². The third-order valence-electron chi connectivity index (χ3n) is 0.669. The van der Waals surface area contributed by atoms with Crippen molar-refractivity contribution in [1.29, 1.82) is 0 Å². The first-order valence-corrected chi connectivity index (χ1v) is 3.87. The summed E-state index contributed by atoms with van der Waals surface area (Å²) in [5.41, 5.74) is 0.953. The van der Waals surface area contributed by atoms with Crippen LogP contribution in [0.2, 0.25) is 0 Å². The minimum atomic E-state index is -1.05. The Labute approximate surface area is 65.4 Å². The molecule has 0 saturated carbocycles. The van der Waals surface area contributed by atoms with Crippen molar-refractivity contribution in [2.75, 3.05) is 0 Å². The van der Waals surface area contributed by atoms with Crippen LogP contribution in [-0.4, -0.2) is 5.08 Å². The SMILES string of the molecule is CC(C)=C(Br)C(F)Br. The zero-order valence-corrected chi connectivity index (χ0v) is 7.88. The average Bonchev–Trinajstić information content (AvgIpc) is 1.64. The molecule has 0 amide bonds. The maximum Gasteiger partial charge on any atom is 0.186 e. The Morgan fingerprint density at radius 3 is 1.88 bits per heavy atom. The van der Waals surface area contributed by atoms with E-state index in [0.29, 0.717) is 4.48 Å². The monoisotopic (exact) mass is 244 g/mol. The summed E-state index contributed by atoms with van der Waals surface area (Å²) >= 11 is 5.83. The van der Waals surface area contributed by atoms with E-state index in [4.69, 9.17) is 0 Å². The molecule has 0 spiro atoms. The third-order valence-corrected chi connectivity index (χ3v) is 2.94. The predicted octanol–water partition coefficient (Wildman–Crippen LogP) is 3.37. The smallest absolute Gasteiger partial charge is 0.186 e. The van der Waals surface area contributed by atoms with E-state index in [1.807, 2.05) is 13.8 Å². The van der Waals surface area contributed by atoms with Crippen molar-refractivity contribution in [3.63, 3.8) is 0 Å². The highest BCUT2D eigenvalue weighted by Crippen LogP contribution is 2.22. The van der Waals surface area contributed by atoms with Crippen LogP contribution in [0.1, 0.15) is 13.8 Å². The van der Waals surface area contributed by atoms with Gasteiger partial charge in [-0.2, -0.15) is 0 Å². The summed E-state index contributed by atoms with van der Waals surface area (Å²) in [6.45, 7) is 3.69. The van der Waals surface area contributed by atoms with Gasteiger partial charge >= 0.3 is 0 Å². The summed E-state index contributed by atoms with van der Waals surface area (Å²) in [7, 11) is 0. The highest BCUT2D eigenvalue weighted by molar-refractivity contribution is 9.14. The lowest BCUT2D eigenvalue weighted by molar-refractivity contribution is 0.523. The van der Waals surface area contributed by atoms with Gasteiger partial charge in [0.2, 0.25) is 0 Å². The molecular formula is C5H7Br2F. The third kappa shape index (κ3) is 2.82. The van der Waals surface area contributed by atoms with Crippen LogP contribution in [0.5, 0.6) is 0 Å². The van der Waals surface area contributed by atoms with Crippen LogP contribution >= 0.6 is 31.9 Å². The summed E-state index contributed by atoms with van der Waals surface area (Å²) in [4.78, 5) is 0. The largest absolute Gasteiger partial charge is 0.229 e. The van der Waals surface area contributed by atoms with Crippen molar-refractivity contribution in [2.24, 2.45) is 0 Å². The van der Waals surface area contributed by atoms with Gasteiger partial charge in [0, 0.05) is 4.48 Å². The Hall–Kier alpha value is 0.630. The van der Waals surface area contributed by atoms with Gasteiger partial charge in [0.1, 0.15) is 0 Å². The van der Waals surface area contributed by atoms with E-state index in [0.717, 1.165) is 5.57 Å². The summed E-state index contributed by atoms with van der Waals surface area (Å²) < 4.78 is 12.7. The van der Waals surface area contributed by atoms with E-state index in [-0.39, 0.29) is 0 Å². The minimum absolute atomic E-state index is 0.581. The molecule has 0 aromatic rings. The minimum Gasteiger partial charge on any atom is -0.229 e. The molecule has 3 heteroatoms. The highest BCUT2D eigenvalue weighted by Gasteiger charge is 2.04. The molecule has 0 heterocycles. The summed E-state index contributed by atoms with van der Waals surface area (Å²) in [6, 6.07) is 0. The first kappa shape index (κ1) is 8.63. The lowest BCUT2D eigenvalue weighted by atomic mass is 10.3. The standard InChI is InChI=1S/C5H7Br2F/c1-3(2)4(6)5(7)8/h5H,1-2H3. The molecule has 48 valence electrons. The molecule has 0 fully saturated rings. The molecule has 0 saturated heterocycles. The van der Waals surface area contributed by atoms with Gasteiger partial charge in [0.25, 0.3) is 0 Å². The van der Waals surface area contributed by atoms with Crippen molar-refractivity contribution < 1.29 is 4.39 Å². The molecule has 0 aliphatic heterocycles. The van der Waals surface area contributed by atoms with Crippen LogP contribution in [0.15, 0.2) is 10.1 Å². The molecule has 0 aliphatic carbocycles. The van der Waals surface area contributed by atoms with E-state index < -0.39 is 5.08 Å². The van der Waals surface area contributed by atoms with E-state index in [1.165, 1.54) is 0 Å². The summed E-state index contributed by atoms with van der Waals surface area (Å²) in [5, 5.41) is -1.05. The molecule has 0 nitrogen and oxygen atoms in total. The normalized spacial score (nSPS) is 13.1. The quantitative estimate of drug-likeness (QED) is 0.622. The fourth-order valence-electron chi connectivity index (χ4n) is 0.218. The molecule has 1 atom stereocenters. The van der Waals surface area contributed by atoms with Gasteiger partial charge in [0.05, 0.1) is 0 Å². The Bertz CT molecular complexity index is 103. The van der Waals surface area contributed by atoms with Crippen LogP contribution in [-0.2, 0) is 0 Å². The molecule has 0 aromatic heterocycles. The van der Waals surface area contributed by atoms with Crippen LogP contribution in [0.3, 0.4) is 0 Å². The van der Waals surface area contributed by atoms with Crippen molar-refractivity contribution in [2.45, 2.75) is 18.9 Å². The van der Waals surface area contributed by atoms with Crippen molar-refractivity contribution in [3.05, 3.63) is 10.1 Å². The predicted molar refractivity (Wildman–Crippen MR) is 41.1 cm³/mol. The lowest BCUT2D eigenvalue weighted by Gasteiger charge is -1.98. The Kier molecular flexibility index (Phi) is 3.90. The Morgan fingerprint density at radius 1 is 1.50 bits per heavy atom. The van der Waals surface area contributed by atoms with Gasteiger partial charge in [-0.25, -0.2) is 4.39 Å². The van der Waals surface area contributed by atoms with Crippen LogP contribution in [0.25, 0.3) is 0 Å². The number of halogens is 3. The van der Waals surface area contributed by atoms with Crippen LogP contribution < -0.4 is 0 Å². The second-order valence-corrected chi connectivity index (χ2v) is 3.31. The highest BCUT2D eigenvalue weighted by atomic mass is 79.9. The first-order chi connectivity index (χ1) is 3.55. The van der Waals surface area contributed by atoms with Gasteiger partial charge in [0.15, 0.2) is 5.08 Å². The molecular weight excluding hydrogens is 239 g/mol. The fourth-order valence-corrected chi connectivity index (χ4v) is 0.676. The van der Waals surface area contributed by atoms with Gasteiger partial charge in [-0.3, -0.25) is 0 Å². The molecule has 0 N–H and O–H groups in total. The van der Waals surface area contributed by atoms with Gasteiger partial charge in [-0.15, -0.1) is 0 Å². The summed E-state index contributed by atoms with van der Waals surface area (Å²) in [6.07, 6.45) is 0. The van der Waals surface area contributed by atoms with Gasteiger partial charge in [-0.1, -0.05) is 21.5 Å². The molecule has 0 radical (unpaired) electrons. The molecule has 0 bridgehead atoms. The van der Waals surface area contributed by atoms with Crippen LogP contribution in [0.4, 0.5) is 4.39 Å². The van der Waals surface area contributed by atoms with Crippen molar-refractivity contribution >= 4 is 31.9 Å². The van der Waals surface area contributed by atoms with E-state index in [1.54, 1.807) is 0 Å². The average molecular weight is 246 g/mol. The molecule has 0 aromatic carbocycles. The number of rotatable bonds is 1. The Morgan fingerprint density at radius 2 is 1.88 bits per heavy atom. The molecule has 0 aliphatic rings. The van der Waals surface area contributed by atoms with E-state index in [9.17, 15) is 4.39 Å². The molecule has 1 unspecified atom stereocenters. The molecule has 0 rings (SSSR count). The maximum absolute atomic E-state index is 12.2. The maximum atomic E-state index is 12.2. The zero-order chi connectivity index (χ0) is 6.73. The van der Waals surface area contributed by atoms with Gasteiger partial charge in [-0.05, 0) is 29.8 Å². The van der Waals surface area contributed by atoms with Crippen molar-refractivity contribution in [3.8, 4) is 0 Å². The number of hydrogen-bond donors (Lipinski definition) is 0. The number of alkyl halides is 2. The topological polar surface area (TPSA) is 0 Å². The zero-order valence-electron chi connectivity index (χ0n) is 4.71. The molecule has 8 heavy (non-hydrogen) atoms. The second-order valence-electron chi connectivity index (χ2n) is 1.65. The number of hydrogen-bond acceptors (Lipinski definition) is 0. The lowest BCUT2D eigenvalue weighted by Crippen LogP contribution is -1.87. The van der Waals surface area contributed by atoms with E-state index >= 15 is 0 Å². The fraction of sp³-hybridized carbons (Fsp3) is 0.600. The number of allylic oxidation sites excluding steroid dienone is 2. The summed E-state index contributed by atoms with van der Waals surface area (Å²) in [5.74, 6) is 0.